The van der Waals surface area contributed by atoms with Gasteiger partial charge in [-0.25, -0.2) is 4.79 Å². The highest BCUT2D eigenvalue weighted by molar-refractivity contribution is 5.80. The van der Waals surface area contributed by atoms with Crippen LogP contribution in [0.1, 0.15) is 68.9 Å². The molecule has 0 spiro atoms. The van der Waals surface area contributed by atoms with Crippen LogP contribution < -0.4 is 10.6 Å². The summed E-state index contributed by atoms with van der Waals surface area (Å²) in [6.07, 6.45) is 3.68. The van der Waals surface area contributed by atoms with E-state index in [4.69, 9.17) is 9.84 Å². The van der Waals surface area contributed by atoms with E-state index < -0.39 is 12.1 Å². The lowest BCUT2D eigenvalue weighted by Gasteiger charge is -2.23. The molecule has 0 saturated heterocycles. The molecule has 186 valence electrons. The number of benzene rings is 2. The first kappa shape index (κ1) is 24.8. The summed E-state index contributed by atoms with van der Waals surface area (Å²) < 4.78 is 5.65. The van der Waals surface area contributed by atoms with E-state index in [1.807, 2.05) is 31.2 Å². The molecule has 0 aromatic heterocycles. The van der Waals surface area contributed by atoms with Crippen molar-refractivity contribution in [2.75, 3.05) is 6.61 Å². The molecule has 2 unspecified atom stereocenters. The van der Waals surface area contributed by atoms with E-state index in [-0.39, 0.29) is 49.3 Å². The predicted octanol–water partition coefficient (Wildman–Crippen LogP) is 4.84. The Labute approximate surface area is 206 Å². The third-order valence-electron chi connectivity index (χ3n) is 7.18. The second kappa shape index (κ2) is 11.4. The highest BCUT2D eigenvalue weighted by atomic mass is 16.5. The molecule has 2 aliphatic carbocycles. The number of ether oxygens (including phenoxy) is 1. The topological polar surface area (TPSA) is 105 Å². The quantitative estimate of drug-likeness (QED) is 0.453. The maximum Gasteiger partial charge on any atom is 0.407 e. The Kier molecular flexibility index (Phi) is 8.06. The SMILES string of the molecule is CCC[C@@H](CC(=O)NC1CCCC1CC(=O)O)NC(=O)OCC1c2ccccc2-c2ccccc21. The van der Waals surface area contributed by atoms with Crippen LogP contribution >= 0.6 is 0 Å². The molecule has 35 heavy (non-hydrogen) atoms. The lowest BCUT2D eigenvalue weighted by Crippen LogP contribution is -2.43. The number of aliphatic carboxylic acids is 1. The average Bonchev–Trinajstić information content (AvgIpc) is 3.39. The summed E-state index contributed by atoms with van der Waals surface area (Å²) in [7, 11) is 0. The largest absolute Gasteiger partial charge is 0.481 e. The van der Waals surface area contributed by atoms with Gasteiger partial charge >= 0.3 is 12.1 Å². The minimum absolute atomic E-state index is 0.0189. The third kappa shape index (κ3) is 6.02. The number of carboxylic acids is 1. The van der Waals surface area contributed by atoms with Crippen molar-refractivity contribution in [2.24, 2.45) is 5.92 Å². The number of amides is 2. The van der Waals surface area contributed by atoms with Crippen molar-refractivity contribution in [1.82, 2.24) is 10.6 Å². The molecule has 2 aromatic carbocycles. The van der Waals surface area contributed by atoms with Crippen molar-refractivity contribution >= 4 is 18.0 Å². The van der Waals surface area contributed by atoms with Gasteiger partial charge in [0.25, 0.3) is 0 Å². The number of rotatable bonds is 10. The molecule has 3 N–H and O–H groups in total. The van der Waals surface area contributed by atoms with Gasteiger partial charge in [0, 0.05) is 24.4 Å². The molecular weight excluding hydrogens is 444 g/mol. The van der Waals surface area contributed by atoms with Crippen molar-refractivity contribution in [3.05, 3.63) is 59.7 Å². The van der Waals surface area contributed by atoms with E-state index in [1.54, 1.807) is 0 Å². The summed E-state index contributed by atoms with van der Waals surface area (Å²) >= 11 is 0. The Bertz CT molecular complexity index is 1020. The van der Waals surface area contributed by atoms with Crippen LogP contribution in [-0.4, -0.2) is 41.8 Å². The summed E-state index contributed by atoms with van der Waals surface area (Å²) in [5.41, 5.74) is 4.65. The Morgan fingerprint density at radius 1 is 1.03 bits per heavy atom. The van der Waals surface area contributed by atoms with E-state index in [9.17, 15) is 14.4 Å². The van der Waals surface area contributed by atoms with Crippen LogP contribution in [-0.2, 0) is 14.3 Å². The monoisotopic (exact) mass is 478 g/mol. The average molecular weight is 479 g/mol. The van der Waals surface area contributed by atoms with E-state index >= 15 is 0 Å². The molecule has 2 amide bonds. The van der Waals surface area contributed by atoms with E-state index in [0.29, 0.717) is 6.42 Å². The van der Waals surface area contributed by atoms with Crippen LogP contribution in [0.5, 0.6) is 0 Å². The molecule has 0 heterocycles. The summed E-state index contributed by atoms with van der Waals surface area (Å²) in [6.45, 7) is 2.23. The van der Waals surface area contributed by atoms with E-state index in [1.165, 1.54) is 11.1 Å². The van der Waals surface area contributed by atoms with Crippen molar-refractivity contribution in [3.63, 3.8) is 0 Å². The van der Waals surface area contributed by atoms with Crippen LogP contribution in [0.25, 0.3) is 11.1 Å². The Morgan fingerprint density at radius 3 is 2.31 bits per heavy atom. The van der Waals surface area contributed by atoms with Gasteiger partial charge in [0.15, 0.2) is 0 Å². The minimum Gasteiger partial charge on any atom is -0.481 e. The fourth-order valence-electron chi connectivity index (χ4n) is 5.57. The molecule has 4 rings (SSSR count). The van der Waals surface area contributed by atoms with Gasteiger partial charge in [-0.05, 0) is 47.4 Å². The Hall–Kier alpha value is -3.35. The molecule has 7 nitrogen and oxygen atoms in total. The fourth-order valence-corrected chi connectivity index (χ4v) is 5.57. The molecule has 0 radical (unpaired) electrons. The highest BCUT2D eigenvalue weighted by Crippen LogP contribution is 2.44. The fraction of sp³-hybridized carbons (Fsp3) is 0.464. The molecular formula is C28H34N2O5. The number of alkyl carbamates (subject to hydrolysis) is 1. The zero-order chi connectivity index (χ0) is 24.8. The van der Waals surface area contributed by atoms with Crippen molar-refractivity contribution < 1.29 is 24.2 Å². The third-order valence-corrected chi connectivity index (χ3v) is 7.18. The van der Waals surface area contributed by atoms with Crippen LogP contribution in [0.15, 0.2) is 48.5 Å². The molecule has 3 atom stereocenters. The summed E-state index contributed by atoms with van der Waals surface area (Å²) in [5, 5.41) is 15.0. The van der Waals surface area contributed by atoms with Gasteiger partial charge in [0.05, 0.1) is 6.42 Å². The first-order valence-corrected chi connectivity index (χ1v) is 12.6. The van der Waals surface area contributed by atoms with Gasteiger partial charge in [-0.2, -0.15) is 0 Å². The summed E-state index contributed by atoms with van der Waals surface area (Å²) in [4.78, 5) is 36.5. The first-order valence-electron chi connectivity index (χ1n) is 12.6. The van der Waals surface area contributed by atoms with Gasteiger partial charge < -0.3 is 20.5 Å². The molecule has 2 aliphatic rings. The summed E-state index contributed by atoms with van der Waals surface area (Å²) in [6, 6.07) is 15.9. The second-order valence-corrected chi connectivity index (χ2v) is 9.62. The van der Waals surface area contributed by atoms with Gasteiger partial charge in [-0.1, -0.05) is 68.3 Å². The van der Waals surface area contributed by atoms with E-state index in [2.05, 4.69) is 34.9 Å². The summed E-state index contributed by atoms with van der Waals surface area (Å²) in [5.74, 6) is -1.05. The molecule has 2 aromatic rings. The number of fused-ring (bicyclic) bond motifs is 3. The van der Waals surface area contributed by atoms with Crippen LogP contribution in [0.3, 0.4) is 0 Å². The maximum absolute atomic E-state index is 12.7. The number of carboxylic acid groups (broad SMARTS) is 1. The van der Waals surface area contributed by atoms with Crippen molar-refractivity contribution in [2.45, 2.75) is 69.9 Å². The Balaban J connectivity index is 1.31. The Morgan fingerprint density at radius 2 is 1.69 bits per heavy atom. The maximum atomic E-state index is 12.7. The molecule has 1 fully saturated rings. The zero-order valence-electron chi connectivity index (χ0n) is 20.2. The number of hydrogen-bond acceptors (Lipinski definition) is 4. The molecule has 0 bridgehead atoms. The molecule has 1 saturated carbocycles. The van der Waals surface area contributed by atoms with Crippen LogP contribution in [0.2, 0.25) is 0 Å². The van der Waals surface area contributed by atoms with Gasteiger partial charge in [0.1, 0.15) is 6.61 Å². The molecule has 0 aliphatic heterocycles. The molecule has 7 heteroatoms. The normalized spacial score (nSPS) is 19.5. The smallest absolute Gasteiger partial charge is 0.407 e. The number of carbonyl (C=O) groups is 3. The van der Waals surface area contributed by atoms with Gasteiger partial charge in [0.2, 0.25) is 5.91 Å². The highest BCUT2D eigenvalue weighted by Gasteiger charge is 2.31. The first-order chi connectivity index (χ1) is 17.0. The van der Waals surface area contributed by atoms with Gasteiger partial charge in [-0.15, -0.1) is 0 Å². The van der Waals surface area contributed by atoms with E-state index in [0.717, 1.165) is 36.8 Å². The van der Waals surface area contributed by atoms with Gasteiger partial charge in [-0.3, -0.25) is 9.59 Å². The number of nitrogens with one attached hydrogen (secondary N) is 2. The minimum atomic E-state index is -0.836. The van der Waals surface area contributed by atoms with Crippen molar-refractivity contribution in [3.8, 4) is 11.1 Å². The second-order valence-electron chi connectivity index (χ2n) is 9.62. The number of hydrogen-bond donors (Lipinski definition) is 3. The van der Waals surface area contributed by atoms with Crippen molar-refractivity contribution in [1.29, 1.82) is 0 Å². The predicted molar refractivity (Wildman–Crippen MR) is 133 cm³/mol. The lowest BCUT2D eigenvalue weighted by atomic mass is 9.98. The number of carbonyl (C=O) groups excluding carboxylic acids is 2. The lowest BCUT2D eigenvalue weighted by molar-refractivity contribution is -0.138. The van der Waals surface area contributed by atoms with Crippen LogP contribution in [0.4, 0.5) is 4.79 Å². The van der Waals surface area contributed by atoms with Crippen LogP contribution in [0, 0.1) is 5.92 Å². The zero-order valence-corrected chi connectivity index (χ0v) is 20.2. The standard InChI is InChI=1S/C28H34N2O5/c1-2-8-19(16-26(31)30-25-14-7-9-18(25)15-27(32)33)29-28(34)35-17-24-22-12-5-3-10-20(22)21-11-4-6-13-23(21)24/h3-6,10-13,18-19,24-25H,2,7-9,14-17H2,1H3,(H,29,34)(H,30,31)(H,32,33)/t18?,19-,25?/m0/s1.